The number of H-pyrrole nitrogens is 1. The van der Waals surface area contributed by atoms with E-state index < -0.39 is 12.0 Å². The minimum Gasteiger partial charge on any atom is -0.381 e. The third-order valence-corrected chi connectivity index (χ3v) is 4.44. The summed E-state index contributed by atoms with van der Waals surface area (Å²) in [4.78, 5) is 15.8. The maximum absolute atomic E-state index is 13.0. The molecule has 2 fully saturated rings. The number of rotatable bonds is 1. The van der Waals surface area contributed by atoms with Crippen LogP contribution in [0, 0.1) is 5.41 Å². The number of aromatic nitrogens is 4. The standard InChI is InChI=1S/C13H14F3N5O/c14-13(15,16)11-19-9-8(17-7-18-9)10(20-11)21-3-1-12(5-21)2-4-22-6-12/h7H,1-6H2,(H,17,18,19,20). The van der Waals surface area contributed by atoms with Crippen LogP contribution in [-0.4, -0.2) is 46.2 Å². The molecule has 2 aliphatic heterocycles. The number of aromatic amines is 1. The highest BCUT2D eigenvalue weighted by atomic mass is 19.4. The van der Waals surface area contributed by atoms with Gasteiger partial charge in [0.25, 0.3) is 0 Å². The number of ether oxygens (including phenoxy) is 1. The van der Waals surface area contributed by atoms with Crippen molar-refractivity contribution in [3.8, 4) is 0 Å². The van der Waals surface area contributed by atoms with Crippen molar-refractivity contribution in [3.05, 3.63) is 12.2 Å². The van der Waals surface area contributed by atoms with Crippen LogP contribution in [0.15, 0.2) is 6.33 Å². The van der Waals surface area contributed by atoms with Crippen LogP contribution in [-0.2, 0) is 10.9 Å². The second-order valence-corrected chi connectivity index (χ2v) is 5.94. The van der Waals surface area contributed by atoms with Gasteiger partial charge >= 0.3 is 6.18 Å². The Morgan fingerprint density at radius 3 is 2.86 bits per heavy atom. The van der Waals surface area contributed by atoms with Crippen LogP contribution in [0.25, 0.3) is 11.2 Å². The van der Waals surface area contributed by atoms with E-state index in [1.165, 1.54) is 6.33 Å². The van der Waals surface area contributed by atoms with Crippen LogP contribution in [0.2, 0.25) is 0 Å². The summed E-state index contributed by atoms with van der Waals surface area (Å²) >= 11 is 0. The molecule has 0 aliphatic carbocycles. The number of hydrogen-bond acceptors (Lipinski definition) is 5. The third-order valence-electron chi connectivity index (χ3n) is 4.44. The predicted molar refractivity (Wildman–Crippen MR) is 71.4 cm³/mol. The zero-order valence-corrected chi connectivity index (χ0v) is 11.7. The van der Waals surface area contributed by atoms with Crippen molar-refractivity contribution in [2.45, 2.75) is 19.0 Å². The van der Waals surface area contributed by atoms with E-state index in [4.69, 9.17) is 4.74 Å². The molecule has 22 heavy (non-hydrogen) atoms. The Morgan fingerprint density at radius 2 is 2.14 bits per heavy atom. The summed E-state index contributed by atoms with van der Waals surface area (Å²) in [6, 6.07) is 0. The van der Waals surface area contributed by atoms with Crippen LogP contribution >= 0.6 is 0 Å². The summed E-state index contributed by atoms with van der Waals surface area (Å²) in [6.45, 7) is 2.68. The second-order valence-electron chi connectivity index (χ2n) is 5.94. The first-order valence-electron chi connectivity index (χ1n) is 7.08. The second kappa shape index (κ2) is 4.55. The zero-order valence-electron chi connectivity index (χ0n) is 11.7. The molecule has 1 spiro atoms. The van der Waals surface area contributed by atoms with Crippen molar-refractivity contribution in [3.63, 3.8) is 0 Å². The molecule has 4 heterocycles. The SMILES string of the molecule is FC(F)(F)c1nc(N2CCC3(CCOC3)C2)c2[nH]cnc2n1. The first-order chi connectivity index (χ1) is 10.5. The fraction of sp³-hybridized carbons (Fsp3) is 0.615. The first-order valence-corrected chi connectivity index (χ1v) is 7.08. The Labute approximate surface area is 123 Å². The number of imidazole rings is 1. The quantitative estimate of drug-likeness (QED) is 0.872. The fourth-order valence-electron chi connectivity index (χ4n) is 3.26. The van der Waals surface area contributed by atoms with Crippen LogP contribution < -0.4 is 4.90 Å². The van der Waals surface area contributed by atoms with Gasteiger partial charge < -0.3 is 14.6 Å². The average molecular weight is 313 g/mol. The summed E-state index contributed by atoms with van der Waals surface area (Å²) in [6.07, 6.45) is -1.41. The number of alkyl halides is 3. The lowest BCUT2D eigenvalue weighted by Crippen LogP contribution is -2.28. The molecule has 9 heteroatoms. The molecule has 0 aromatic carbocycles. The van der Waals surface area contributed by atoms with Crippen LogP contribution in [0.4, 0.5) is 19.0 Å². The van der Waals surface area contributed by atoms with Gasteiger partial charge in [0.15, 0.2) is 11.5 Å². The van der Waals surface area contributed by atoms with Crippen molar-refractivity contribution in [1.82, 2.24) is 19.9 Å². The van der Waals surface area contributed by atoms with Gasteiger partial charge in [-0.25, -0.2) is 15.0 Å². The van der Waals surface area contributed by atoms with Crippen molar-refractivity contribution in [2.24, 2.45) is 5.41 Å². The molecule has 6 nitrogen and oxygen atoms in total. The molecule has 118 valence electrons. The van der Waals surface area contributed by atoms with Gasteiger partial charge in [-0.15, -0.1) is 0 Å². The molecule has 0 amide bonds. The van der Waals surface area contributed by atoms with E-state index >= 15 is 0 Å². The highest BCUT2D eigenvalue weighted by molar-refractivity contribution is 5.83. The number of anilines is 1. The van der Waals surface area contributed by atoms with Crippen molar-refractivity contribution >= 4 is 17.0 Å². The largest absolute Gasteiger partial charge is 0.451 e. The third kappa shape index (κ3) is 2.11. The van der Waals surface area contributed by atoms with E-state index in [0.717, 1.165) is 12.8 Å². The normalized spacial score (nSPS) is 25.7. The molecule has 4 rings (SSSR count). The van der Waals surface area contributed by atoms with E-state index in [0.29, 0.717) is 31.8 Å². The summed E-state index contributed by atoms with van der Waals surface area (Å²) < 4.78 is 44.4. The molecule has 2 aliphatic rings. The Balaban J connectivity index is 1.76. The highest BCUT2D eigenvalue weighted by Crippen LogP contribution is 2.41. The first kappa shape index (κ1) is 13.7. The molecule has 1 N–H and O–H groups in total. The molecule has 0 saturated carbocycles. The van der Waals surface area contributed by atoms with Gasteiger partial charge in [0.2, 0.25) is 5.82 Å². The lowest BCUT2D eigenvalue weighted by Gasteiger charge is -2.23. The monoisotopic (exact) mass is 313 g/mol. The van der Waals surface area contributed by atoms with Crippen molar-refractivity contribution in [1.29, 1.82) is 0 Å². The molecular weight excluding hydrogens is 299 g/mol. The number of hydrogen-bond donors (Lipinski definition) is 1. The van der Waals surface area contributed by atoms with Gasteiger partial charge in [-0.05, 0) is 12.8 Å². The van der Waals surface area contributed by atoms with Crippen LogP contribution in [0.5, 0.6) is 0 Å². The summed E-state index contributed by atoms with van der Waals surface area (Å²) in [5.74, 6) is -0.871. The van der Waals surface area contributed by atoms with Gasteiger partial charge in [0.1, 0.15) is 5.52 Å². The molecule has 1 atom stereocenters. The smallest absolute Gasteiger partial charge is 0.381 e. The minimum atomic E-state index is -4.59. The van der Waals surface area contributed by atoms with Crippen molar-refractivity contribution in [2.75, 3.05) is 31.2 Å². The Morgan fingerprint density at radius 1 is 1.27 bits per heavy atom. The van der Waals surface area contributed by atoms with E-state index in [9.17, 15) is 13.2 Å². The highest BCUT2D eigenvalue weighted by Gasteiger charge is 2.43. The number of nitrogens with one attached hydrogen (secondary N) is 1. The number of nitrogens with zero attached hydrogens (tertiary/aromatic N) is 4. The molecule has 1 unspecified atom stereocenters. The number of halogens is 3. The Kier molecular flexibility index (Phi) is 2.84. The molecule has 0 radical (unpaired) electrons. The average Bonchev–Trinajstić information content (AvgIpc) is 3.19. The van der Waals surface area contributed by atoms with Crippen molar-refractivity contribution < 1.29 is 17.9 Å². The molecule has 0 bridgehead atoms. The van der Waals surface area contributed by atoms with Gasteiger partial charge in [-0.3, -0.25) is 0 Å². The van der Waals surface area contributed by atoms with E-state index in [2.05, 4.69) is 19.9 Å². The molecule has 2 aromatic heterocycles. The lowest BCUT2D eigenvalue weighted by molar-refractivity contribution is -0.144. The Hall–Kier alpha value is -1.90. The lowest BCUT2D eigenvalue weighted by atomic mass is 9.87. The predicted octanol–water partition coefficient (Wildman–Crippen LogP) is 1.99. The maximum Gasteiger partial charge on any atom is 0.451 e. The van der Waals surface area contributed by atoms with E-state index in [1.807, 2.05) is 4.90 Å². The molecular formula is C13H14F3N5O. The van der Waals surface area contributed by atoms with E-state index in [1.54, 1.807) is 0 Å². The summed E-state index contributed by atoms with van der Waals surface area (Å²) in [5.41, 5.74) is 0.528. The van der Waals surface area contributed by atoms with Gasteiger partial charge in [0, 0.05) is 25.1 Å². The van der Waals surface area contributed by atoms with Crippen LogP contribution in [0.3, 0.4) is 0 Å². The minimum absolute atomic E-state index is 0.0374. The Bertz CT molecular complexity index is 707. The maximum atomic E-state index is 13.0. The molecule has 2 aromatic rings. The summed E-state index contributed by atoms with van der Waals surface area (Å²) in [5, 5.41) is 0. The van der Waals surface area contributed by atoms with E-state index in [-0.39, 0.29) is 16.9 Å². The summed E-state index contributed by atoms with van der Waals surface area (Å²) in [7, 11) is 0. The molecule has 2 saturated heterocycles. The topological polar surface area (TPSA) is 66.9 Å². The van der Waals surface area contributed by atoms with Gasteiger partial charge in [-0.2, -0.15) is 13.2 Å². The van der Waals surface area contributed by atoms with Crippen LogP contribution in [0.1, 0.15) is 18.7 Å². The number of fused-ring (bicyclic) bond motifs is 1. The zero-order chi connectivity index (χ0) is 15.4. The fourth-order valence-corrected chi connectivity index (χ4v) is 3.26. The van der Waals surface area contributed by atoms with Gasteiger partial charge in [0.05, 0.1) is 12.9 Å². The van der Waals surface area contributed by atoms with Gasteiger partial charge in [-0.1, -0.05) is 0 Å².